The minimum absolute atomic E-state index is 0.198. The Morgan fingerprint density at radius 3 is 2.47 bits per heavy atom. The van der Waals surface area contributed by atoms with E-state index in [0.717, 1.165) is 17.7 Å². The number of benzene rings is 2. The zero-order valence-corrected chi connectivity index (χ0v) is 18.8. The molecule has 0 saturated carbocycles. The number of rotatable bonds is 6. The quantitative estimate of drug-likeness (QED) is 0.552. The van der Waals surface area contributed by atoms with Gasteiger partial charge in [0.2, 0.25) is 5.91 Å². The van der Waals surface area contributed by atoms with Crippen molar-refractivity contribution in [2.75, 3.05) is 36.4 Å². The van der Waals surface area contributed by atoms with Crippen LogP contribution in [0.4, 0.5) is 11.4 Å². The predicted octanol–water partition coefficient (Wildman–Crippen LogP) is 5.30. The first-order chi connectivity index (χ1) is 15.5. The number of hydrogen-bond acceptors (Lipinski definition) is 4. The van der Waals surface area contributed by atoms with Crippen LogP contribution in [0, 0.1) is 0 Å². The highest BCUT2D eigenvalue weighted by Crippen LogP contribution is 2.31. The van der Waals surface area contributed by atoms with Gasteiger partial charge in [-0.25, -0.2) is 0 Å². The van der Waals surface area contributed by atoms with Gasteiger partial charge in [-0.3, -0.25) is 9.59 Å². The van der Waals surface area contributed by atoms with Gasteiger partial charge in [0.1, 0.15) is 5.76 Å². The molecule has 1 N–H and O–H groups in total. The van der Waals surface area contributed by atoms with Gasteiger partial charge in [0.25, 0.3) is 5.91 Å². The van der Waals surface area contributed by atoms with Gasteiger partial charge < -0.3 is 19.5 Å². The minimum atomic E-state index is -0.340. The monoisotopic (exact) mass is 451 g/mol. The van der Waals surface area contributed by atoms with Crippen LogP contribution in [-0.2, 0) is 4.79 Å². The molecular weight excluding hydrogens is 426 g/mol. The Morgan fingerprint density at radius 1 is 1.00 bits per heavy atom. The van der Waals surface area contributed by atoms with Crippen molar-refractivity contribution in [1.82, 2.24) is 4.90 Å². The number of halogens is 1. The lowest BCUT2D eigenvalue weighted by molar-refractivity contribution is -0.131. The maximum atomic E-state index is 12.9. The Bertz CT molecular complexity index is 1090. The standard InChI is InChI=1S/C25H26ClN3O3/c1-2-6-24(30)29-15-13-28(14-16-29)21-10-9-19(26)17-20(21)27-25(31)23-12-11-22(32-23)18-7-4-3-5-8-18/h3-5,7-12,17H,2,6,13-16H2,1H3,(H,27,31). The summed E-state index contributed by atoms with van der Waals surface area (Å²) in [6.07, 6.45) is 1.43. The van der Waals surface area contributed by atoms with Crippen molar-refractivity contribution < 1.29 is 14.0 Å². The molecule has 2 aromatic carbocycles. The van der Waals surface area contributed by atoms with Crippen molar-refractivity contribution in [3.05, 3.63) is 71.4 Å². The summed E-state index contributed by atoms with van der Waals surface area (Å²) in [5, 5.41) is 3.48. The fraction of sp³-hybridized carbons (Fsp3) is 0.280. The summed E-state index contributed by atoms with van der Waals surface area (Å²) in [5.41, 5.74) is 2.40. The molecule has 0 radical (unpaired) electrons. The molecule has 0 unspecified atom stereocenters. The summed E-state index contributed by atoms with van der Waals surface area (Å²) < 4.78 is 5.78. The van der Waals surface area contributed by atoms with Gasteiger partial charge >= 0.3 is 0 Å². The molecule has 4 rings (SSSR count). The van der Waals surface area contributed by atoms with E-state index in [2.05, 4.69) is 10.2 Å². The molecule has 1 aliphatic heterocycles. The van der Waals surface area contributed by atoms with E-state index in [-0.39, 0.29) is 17.6 Å². The van der Waals surface area contributed by atoms with Crippen molar-refractivity contribution >= 4 is 34.8 Å². The highest BCUT2D eigenvalue weighted by Gasteiger charge is 2.23. The van der Waals surface area contributed by atoms with Gasteiger partial charge in [0, 0.05) is 43.2 Å². The SMILES string of the molecule is CCCC(=O)N1CCN(c2ccc(Cl)cc2NC(=O)c2ccc(-c3ccccc3)o2)CC1. The number of nitrogens with zero attached hydrogens (tertiary/aromatic N) is 2. The maximum absolute atomic E-state index is 12.9. The van der Waals surface area contributed by atoms with Crippen molar-refractivity contribution in [2.45, 2.75) is 19.8 Å². The van der Waals surface area contributed by atoms with Crippen LogP contribution in [0.5, 0.6) is 0 Å². The Hall–Kier alpha value is -3.25. The molecule has 1 aromatic heterocycles. The normalized spacial score (nSPS) is 13.8. The van der Waals surface area contributed by atoms with E-state index in [1.165, 1.54) is 0 Å². The maximum Gasteiger partial charge on any atom is 0.291 e. The number of carbonyl (C=O) groups is 2. The molecule has 0 aliphatic carbocycles. The van der Waals surface area contributed by atoms with Crippen LogP contribution in [0.1, 0.15) is 30.3 Å². The zero-order chi connectivity index (χ0) is 22.5. The van der Waals surface area contributed by atoms with Gasteiger partial charge in [0.15, 0.2) is 5.76 Å². The lowest BCUT2D eigenvalue weighted by Gasteiger charge is -2.37. The van der Waals surface area contributed by atoms with Gasteiger partial charge in [0.05, 0.1) is 11.4 Å². The number of furan rings is 1. The van der Waals surface area contributed by atoms with Crippen LogP contribution in [0.15, 0.2) is 65.1 Å². The summed E-state index contributed by atoms with van der Waals surface area (Å²) in [7, 11) is 0. The molecule has 6 nitrogen and oxygen atoms in total. The predicted molar refractivity (Wildman–Crippen MR) is 127 cm³/mol. The van der Waals surface area contributed by atoms with E-state index in [1.807, 2.05) is 54.3 Å². The molecule has 32 heavy (non-hydrogen) atoms. The summed E-state index contributed by atoms with van der Waals surface area (Å²) in [6.45, 7) is 4.72. The smallest absolute Gasteiger partial charge is 0.291 e. The van der Waals surface area contributed by atoms with Crippen LogP contribution >= 0.6 is 11.6 Å². The van der Waals surface area contributed by atoms with Crippen molar-refractivity contribution in [2.24, 2.45) is 0 Å². The van der Waals surface area contributed by atoms with E-state index in [1.54, 1.807) is 18.2 Å². The van der Waals surface area contributed by atoms with Crippen LogP contribution < -0.4 is 10.2 Å². The minimum Gasteiger partial charge on any atom is -0.451 e. The number of anilines is 2. The van der Waals surface area contributed by atoms with Crippen LogP contribution in [0.25, 0.3) is 11.3 Å². The molecule has 1 fully saturated rings. The summed E-state index contributed by atoms with van der Waals surface area (Å²) >= 11 is 6.22. The summed E-state index contributed by atoms with van der Waals surface area (Å²) in [5.74, 6) is 0.718. The molecule has 1 saturated heterocycles. The van der Waals surface area contributed by atoms with Crippen molar-refractivity contribution in [3.8, 4) is 11.3 Å². The van der Waals surface area contributed by atoms with Gasteiger partial charge in [-0.15, -0.1) is 0 Å². The largest absolute Gasteiger partial charge is 0.451 e. The summed E-state index contributed by atoms with van der Waals surface area (Å²) in [4.78, 5) is 29.2. The molecule has 166 valence electrons. The van der Waals surface area contributed by atoms with Gasteiger partial charge in [-0.1, -0.05) is 48.9 Å². The number of carbonyl (C=O) groups excluding carboxylic acids is 2. The molecule has 3 aromatic rings. The molecule has 7 heteroatoms. The Kier molecular flexibility index (Phi) is 6.81. The molecular formula is C25H26ClN3O3. The van der Waals surface area contributed by atoms with E-state index in [0.29, 0.717) is 49.1 Å². The topological polar surface area (TPSA) is 65.8 Å². The van der Waals surface area contributed by atoms with Gasteiger partial charge in [-0.2, -0.15) is 0 Å². The first-order valence-corrected chi connectivity index (χ1v) is 11.2. The van der Waals surface area contributed by atoms with E-state index in [4.69, 9.17) is 16.0 Å². The summed E-state index contributed by atoms with van der Waals surface area (Å²) in [6, 6.07) is 18.5. The third-order valence-electron chi connectivity index (χ3n) is 5.53. The number of nitrogens with one attached hydrogen (secondary N) is 1. The Morgan fingerprint density at radius 2 is 1.75 bits per heavy atom. The lowest BCUT2D eigenvalue weighted by Crippen LogP contribution is -2.48. The molecule has 2 heterocycles. The lowest BCUT2D eigenvalue weighted by atomic mass is 10.2. The highest BCUT2D eigenvalue weighted by atomic mass is 35.5. The molecule has 0 spiro atoms. The number of piperazine rings is 1. The molecule has 2 amide bonds. The second-order valence-corrected chi connectivity index (χ2v) is 8.20. The average Bonchev–Trinajstić information content (AvgIpc) is 3.31. The second kappa shape index (κ2) is 9.92. The first kappa shape index (κ1) is 22.0. The third kappa shape index (κ3) is 4.97. The molecule has 0 atom stereocenters. The van der Waals surface area contributed by atoms with E-state index in [9.17, 15) is 9.59 Å². The van der Waals surface area contributed by atoms with Gasteiger partial charge in [-0.05, 0) is 36.8 Å². The Labute approximate surface area is 192 Å². The Balaban J connectivity index is 1.48. The van der Waals surface area contributed by atoms with Crippen LogP contribution in [0.3, 0.4) is 0 Å². The number of hydrogen-bond donors (Lipinski definition) is 1. The van der Waals surface area contributed by atoms with E-state index < -0.39 is 0 Å². The van der Waals surface area contributed by atoms with Crippen molar-refractivity contribution in [3.63, 3.8) is 0 Å². The molecule has 0 bridgehead atoms. The first-order valence-electron chi connectivity index (χ1n) is 10.8. The highest BCUT2D eigenvalue weighted by molar-refractivity contribution is 6.31. The zero-order valence-electron chi connectivity index (χ0n) is 18.0. The van der Waals surface area contributed by atoms with Crippen molar-refractivity contribution in [1.29, 1.82) is 0 Å². The molecule has 1 aliphatic rings. The third-order valence-corrected chi connectivity index (χ3v) is 5.77. The van der Waals surface area contributed by atoms with Crippen LogP contribution in [-0.4, -0.2) is 42.9 Å². The fourth-order valence-corrected chi connectivity index (χ4v) is 4.03. The average molecular weight is 452 g/mol. The van der Waals surface area contributed by atoms with E-state index >= 15 is 0 Å². The number of amides is 2. The van der Waals surface area contributed by atoms with Crippen LogP contribution in [0.2, 0.25) is 5.02 Å². The second-order valence-electron chi connectivity index (χ2n) is 7.76. The fourth-order valence-electron chi connectivity index (χ4n) is 3.85.